The van der Waals surface area contributed by atoms with Crippen LogP contribution in [0.4, 0.5) is 0 Å². The molecule has 0 amide bonds. The molecule has 0 bridgehead atoms. The fraction of sp³-hybridized carbons (Fsp3) is 0.333. The van der Waals surface area contributed by atoms with Gasteiger partial charge < -0.3 is 10.5 Å². The third-order valence-electron chi connectivity index (χ3n) is 3.51. The molecule has 0 radical (unpaired) electrons. The van der Waals surface area contributed by atoms with Crippen molar-refractivity contribution in [2.75, 3.05) is 13.2 Å². The van der Waals surface area contributed by atoms with Gasteiger partial charge in [0.2, 0.25) is 0 Å². The van der Waals surface area contributed by atoms with E-state index >= 15 is 0 Å². The van der Waals surface area contributed by atoms with Crippen molar-refractivity contribution in [1.29, 1.82) is 0 Å². The van der Waals surface area contributed by atoms with Crippen LogP contribution in [0.5, 0.6) is 5.75 Å². The molecule has 98 valence electrons. The number of rotatable bonds is 3. The molecule has 2 aromatic rings. The van der Waals surface area contributed by atoms with Crippen molar-refractivity contribution < 1.29 is 4.74 Å². The minimum Gasteiger partial charge on any atom is -0.493 e. The van der Waals surface area contributed by atoms with Gasteiger partial charge in [0.25, 0.3) is 0 Å². The molecule has 4 heteroatoms. The average molecular weight is 255 g/mol. The minimum atomic E-state index is 0.0981. The molecule has 1 unspecified atom stereocenters. The number of nitrogens with two attached hydrogens (primary N) is 1. The van der Waals surface area contributed by atoms with Crippen LogP contribution < -0.4 is 10.5 Å². The van der Waals surface area contributed by atoms with Crippen LogP contribution in [-0.4, -0.2) is 23.1 Å². The molecule has 3 rings (SSSR count). The Morgan fingerprint density at radius 2 is 2.26 bits per heavy atom. The molecule has 1 aromatic heterocycles. The summed E-state index contributed by atoms with van der Waals surface area (Å²) in [5.41, 5.74) is 9.29. The number of aryl methyl sites for hydroxylation is 1. The van der Waals surface area contributed by atoms with Gasteiger partial charge in [-0.05, 0) is 30.0 Å². The molecule has 0 saturated heterocycles. The minimum absolute atomic E-state index is 0.0981. The molecule has 2 heterocycles. The second kappa shape index (κ2) is 5.36. The summed E-state index contributed by atoms with van der Waals surface area (Å²) in [4.78, 5) is 8.49. The van der Waals surface area contributed by atoms with E-state index in [1.54, 1.807) is 18.6 Å². The SMILES string of the molecule is NCC(c1ccc2c(c1)CCCO2)c1cnccn1. The Balaban J connectivity index is 1.96. The van der Waals surface area contributed by atoms with Crippen molar-refractivity contribution in [2.45, 2.75) is 18.8 Å². The molecule has 19 heavy (non-hydrogen) atoms. The predicted molar refractivity (Wildman–Crippen MR) is 73.2 cm³/mol. The summed E-state index contributed by atoms with van der Waals surface area (Å²) in [7, 11) is 0. The summed E-state index contributed by atoms with van der Waals surface area (Å²) in [6.07, 6.45) is 7.32. The highest BCUT2D eigenvalue weighted by Gasteiger charge is 2.17. The molecule has 4 nitrogen and oxygen atoms in total. The third-order valence-corrected chi connectivity index (χ3v) is 3.51. The quantitative estimate of drug-likeness (QED) is 0.909. The molecule has 1 aliphatic rings. The average Bonchev–Trinajstić information content (AvgIpc) is 2.49. The van der Waals surface area contributed by atoms with Gasteiger partial charge in [-0.25, -0.2) is 0 Å². The topological polar surface area (TPSA) is 61.0 Å². The lowest BCUT2D eigenvalue weighted by atomic mass is 9.92. The summed E-state index contributed by atoms with van der Waals surface area (Å²) in [6.45, 7) is 1.34. The first-order valence-corrected chi connectivity index (χ1v) is 6.60. The fourth-order valence-corrected chi connectivity index (χ4v) is 2.52. The lowest BCUT2D eigenvalue weighted by Gasteiger charge is -2.20. The van der Waals surface area contributed by atoms with Crippen LogP contribution in [0.25, 0.3) is 0 Å². The molecule has 0 saturated carbocycles. The first-order chi connectivity index (χ1) is 9.38. The van der Waals surface area contributed by atoms with E-state index in [-0.39, 0.29) is 5.92 Å². The Bertz CT molecular complexity index is 557. The van der Waals surface area contributed by atoms with Crippen LogP contribution in [0, 0.1) is 0 Å². The molecule has 0 aliphatic carbocycles. The molecule has 1 aliphatic heterocycles. The van der Waals surface area contributed by atoms with Crippen LogP contribution in [0.1, 0.15) is 29.2 Å². The number of benzene rings is 1. The lowest BCUT2D eigenvalue weighted by Crippen LogP contribution is -2.16. The summed E-state index contributed by atoms with van der Waals surface area (Å²) < 4.78 is 5.64. The second-order valence-electron chi connectivity index (χ2n) is 4.74. The normalized spacial score (nSPS) is 15.4. The molecule has 1 atom stereocenters. The smallest absolute Gasteiger partial charge is 0.122 e. The van der Waals surface area contributed by atoms with Gasteiger partial charge in [0.1, 0.15) is 5.75 Å². The maximum absolute atomic E-state index is 5.91. The Hall–Kier alpha value is -1.94. The predicted octanol–water partition coefficient (Wildman–Crippen LogP) is 1.89. The zero-order valence-corrected chi connectivity index (χ0v) is 10.7. The summed E-state index contributed by atoms with van der Waals surface area (Å²) >= 11 is 0. The van der Waals surface area contributed by atoms with Gasteiger partial charge in [-0.1, -0.05) is 12.1 Å². The number of ether oxygens (including phenoxy) is 1. The van der Waals surface area contributed by atoms with Gasteiger partial charge in [0.05, 0.1) is 12.3 Å². The highest BCUT2D eigenvalue weighted by molar-refractivity contribution is 5.41. The van der Waals surface area contributed by atoms with E-state index in [2.05, 4.69) is 22.1 Å². The van der Waals surface area contributed by atoms with Gasteiger partial charge in [-0.15, -0.1) is 0 Å². The van der Waals surface area contributed by atoms with E-state index in [9.17, 15) is 0 Å². The van der Waals surface area contributed by atoms with E-state index in [0.29, 0.717) is 6.54 Å². The third kappa shape index (κ3) is 2.44. The van der Waals surface area contributed by atoms with Crippen molar-refractivity contribution in [2.24, 2.45) is 5.73 Å². The number of fused-ring (bicyclic) bond motifs is 1. The maximum Gasteiger partial charge on any atom is 0.122 e. The van der Waals surface area contributed by atoms with E-state index in [1.165, 1.54) is 11.1 Å². The molecular formula is C15H17N3O. The van der Waals surface area contributed by atoms with Crippen molar-refractivity contribution in [3.63, 3.8) is 0 Å². The maximum atomic E-state index is 5.91. The van der Waals surface area contributed by atoms with Crippen molar-refractivity contribution in [3.05, 3.63) is 53.6 Å². The van der Waals surface area contributed by atoms with E-state index in [0.717, 1.165) is 30.9 Å². The van der Waals surface area contributed by atoms with Gasteiger partial charge in [0.15, 0.2) is 0 Å². The van der Waals surface area contributed by atoms with Crippen LogP contribution in [0.15, 0.2) is 36.8 Å². The van der Waals surface area contributed by atoms with Crippen LogP contribution >= 0.6 is 0 Å². The molecule has 0 fully saturated rings. The summed E-state index contributed by atoms with van der Waals surface area (Å²) in [5.74, 6) is 1.10. The van der Waals surface area contributed by atoms with Crippen LogP contribution in [0.2, 0.25) is 0 Å². The first kappa shape index (κ1) is 12.1. The van der Waals surface area contributed by atoms with E-state index in [1.807, 2.05) is 6.07 Å². The zero-order chi connectivity index (χ0) is 13.1. The standard InChI is InChI=1S/C15H17N3O/c16-9-13(14-10-17-5-6-18-14)11-3-4-15-12(8-11)2-1-7-19-15/h3-6,8,10,13H,1-2,7,9,16H2. The first-order valence-electron chi connectivity index (χ1n) is 6.60. The van der Waals surface area contributed by atoms with Crippen molar-refractivity contribution in [3.8, 4) is 5.75 Å². The Morgan fingerprint density at radius 1 is 1.32 bits per heavy atom. The van der Waals surface area contributed by atoms with Gasteiger partial charge in [0, 0.05) is 31.1 Å². The fourth-order valence-electron chi connectivity index (χ4n) is 2.52. The number of hydrogen-bond acceptors (Lipinski definition) is 4. The molecule has 2 N–H and O–H groups in total. The number of aromatic nitrogens is 2. The molecule has 1 aromatic carbocycles. The van der Waals surface area contributed by atoms with Gasteiger partial charge in [-0.3, -0.25) is 9.97 Å². The summed E-state index contributed by atoms with van der Waals surface area (Å²) in [6, 6.07) is 6.32. The highest BCUT2D eigenvalue weighted by atomic mass is 16.5. The number of hydrogen-bond donors (Lipinski definition) is 1. The van der Waals surface area contributed by atoms with Gasteiger partial charge in [-0.2, -0.15) is 0 Å². The van der Waals surface area contributed by atoms with Crippen LogP contribution in [-0.2, 0) is 6.42 Å². The molecule has 0 spiro atoms. The number of nitrogens with zero attached hydrogens (tertiary/aromatic N) is 2. The molecular weight excluding hydrogens is 238 g/mol. The Labute approximate surface area is 112 Å². The Kier molecular flexibility index (Phi) is 3.42. The summed E-state index contributed by atoms with van der Waals surface area (Å²) in [5, 5.41) is 0. The van der Waals surface area contributed by atoms with E-state index < -0.39 is 0 Å². The van der Waals surface area contributed by atoms with Crippen molar-refractivity contribution in [1.82, 2.24) is 9.97 Å². The zero-order valence-electron chi connectivity index (χ0n) is 10.7. The Morgan fingerprint density at radius 3 is 3.05 bits per heavy atom. The van der Waals surface area contributed by atoms with Crippen molar-refractivity contribution >= 4 is 0 Å². The lowest BCUT2D eigenvalue weighted by molar-refractivity contribution is 0.288. The van der Waals surface area contributed by atoms with Gasteiger partial charge >= 0.3 is 0 Å². The monoisotopic (exact) mass is 255 g/mol. The largest absolute Gasteiger partial charge is 0.493 e. The second-order valence-corrected chi connectivity index (χ2v) is 4.74. The highest BCUT2D eigenvalue weighted by Crippen LogP contribution is 2.30. The van der Waals surface area contributed by atoms with Crippen LogP contribution in [0.3, 0.4) is 0 Å². The van der Waals surface area contributed by atoms with E-state index in [4.69, 9.17) is 10.5 Å².